The zero-order valence-corrected chi connectivity index (χ0v) is 21.0. The molecule has 3 aromatic carbocycles. The molecule has 1 fully saturated rings. The number of amides is 2. The number of nitrogens with two attached hydrogens (primary N) is 1. The summed E-state index contributed by atoms with van der Waals surface area (Å²) in [5, 5.41) is 16.3. The SMILES string of the molecule is NC(=O)Cc1ccc(NCC2(O)CN(C(=O)c3ccc(F)c(F)c3Nc3ccc(I)cc3F)C2)cc1. The monoisotopic (exact) mass is 610 g/mol. The number of anilines is 3. The lowest BCUT2D eigenvalue weighted by molar-refractivity contribution is -0.117. The van der Waals surface area contributed by atoms with E-state index in [4.69, 9.17) is 5.73 Å². The van der Waals surface area contributed by atoms with E-state index in [9.17, 15) is 27.9 Å². The second-order valence-corrected chi connectivity index (χ2v) is 9.86. The first-order valence-electron chi connectivity index (χ1n) is 10.9. The van der Waals surface area contributed by atoms with Gasteiger partial charge in [0.15, 0.2) is 11.6 Å². The Kier molecular flexibility index (Phi) is 7.41. The molecule has 0 saturated carbocycles. The standard InChI is InChI=1S/C25H22F3IN4O3/c26-18-7-6-17(23(22(18)28)32-20-8-3-15(29)10-19(20)27)24(35)33-12-25(36,13-33)11-31-16-4-1-14(2-5-16)9-21(30)34/h1-8,10,31-32,36H,9,11-13H2,(H2,30,34). The number of β-amino-alcohol motifs (C(OH)–C–C–N with tert-alkyl or cyclic N) is 1. The van der Waals surface area contributed by atoms with Crippen LogP contribution in [0, 0.1) is 21.0 Å². The minimum atomic E-state index is -1.31. The number of primary amides is 1. The molecule has 0 bridgehead atoms. The zero-order valence-electron chi connectivity index (χ0n) is 18.8. The molecule has 4 rings (SSSR count). The number of rotatable bonds is 8. The number of carbonyl (C=O) groups excluding carboxylic acids is 2. The van der Waals surface area contributed by atoms with Gasteiger partial charge in [0.2, 0.25) is 5.91 Å². The van der Waals surface area contributed by atoms with Crippen molar-refractivity contribution in [1.29, 1.82) is 0 Å². The molecule has 0 radical (unpaired) electrons. The molecule has 0 aliphatic carbocycles. The molecule has 0 spiro atoms. The fourth-order valence-corrected chi connectivity index (χ4v) is 4.33. The van der Waals surface area contributed by atoms with Crippen LogP contribution in [-0.2, 0) is 11.2 Å². The summed E-state index contributed by atoms with van der Waals surface area (Å²) in [7, 11) is 0. The lowest BCUT2D eigenvalue weighted by atomic mass is 9.92. The molecule has 0 aromatic heterocycles. The van der Waals surface area contributed by atoms with E-state index >= 15 is 0 Å². The minimum Gasteiger partial charge on any atom is -0.384 e. The second-order valence-electron chi connectivity index (χ2n) is 8.61. The van der Waals surface area contributed by atoms with E-state index in [0.29, 0.717) is 9.26 Å². The van der Waals surface area contributed by atoms with Crippen LogP contribution in [0.1, 0.15) is 15.9 Å². The normalized spacial score (nSPS) is 14.2. The van der Waals surface area contributed by atoms with Gasteiger partial charge in [-0.2, -0.15) is 0 Å². The number of nitrogens with one attached hydrogen (secondary N) is 2. The molecule has 0 unspecified atom stereocenters. The van der Waals surface area contributed by atoms with E-state index < -0.39 is 40.6 Å². The molecule has 0 atom stereocenters. The summed E-state index contributed by atoms with van der Waals surface area (Å²) in [6.07, 6.45) is 0.123. The van der Waals surface area contributed by atoms with E-state index in [1.165, 1.54) is 17.0 Å². The van der Waals surface area contributed by atoms with Crippen LogP contribution in [0.5, 0.6) is 0 Å². The molecule has 11 heteroatoms. The number of likely N-dealkylation sites (tertiary alicyclic amines) is 1. The highest BCUT2D eigenvalue weighted by Crippen LogP contribution is 2.32. The zero-order chi connectivity index (χ0) is 26.0. The molecule has 188 valence electrons. The average molecular weight is 610 g/mol. The summed E-state index contributed by atoms with van der Waals surface area (Å²) in [5.41, 5.74) is 4.62. The molecular formula is C25H22F3IN4O3. The van der Waals surface area contributed by atoms with Crippen LogP contribution in [0.4, 0.5) is 30.2 Å². The molecule has 1 aliphatic rings. The van der Waals surface area contributed by atoms with Crippen molar-refractivity contribution in [2.24, 2.45) is 5.73 Å². The first kappa shape index (κ1) is 25.8. The van der Waals surface area contributed by atoms with Gasteiger partial charge in [-0.05, 0) is 70.6 Å². The van der Waals surface area contributed by atoms with E-state index in [-0.39, 0.29) is 37.3 Å². The van der Waals surface area contributed by atoms with Crippen molar-refractivity contribution >= 4 is 51.5 Å². The fourth-order valence-electron chi connectivity index (χ4n) is 3.87. The van der Waals surface area contributed by atoms with Crippen molar-refractivity contribution in [2.75, 3.05) is 30.3 Å². The molecule has 1 saturated heterocycles. The van der Waals surface area contributed by atoms with Crippen LogP contribution in [0.2, 0.25) is 0 Å². The van der Waals surface area contributed by atoms with Crippen molar-refractivity contribution in [1.82, 2.24) is 4.90 Å². The molecule has 1 aliphatic heterocycles. The van der Waals surface area contributed by atoms with Crippen LogP contribution in [0.15, 0.2) is 54.6 Å². The van der Waals surface area contributed by atoms with Gasteiger partial charge in [-0.15, -0.1) is 0 Å². The molecule has 7 nitrogen and oxygen atoms in total. The predicted molar refractivity (Wildman–Crippen MR) is 137 cm³/mol. The lowest BCUT2D eigenvalue weighted by Gasteiger charge is -2.46. The largest absolute Gasteiger partial charge is 0.384 e. The van der Waals surface area contributed by atoms with Gasteiger partial charge in [-0.1, -0.05) is 12.1 Å². The Bertz CT molecular complexity index is 1310. The van der Waals surface area contributed by atoms with Crippen LogP contribution < -0.4 is 16.4 Å². The maximum atomic E-state index is 14.6. The number of benzene rings is 3. The smallest absolute Gasteiger partial charge is 0.256 e. The van der Waals surface area contributed by atoms with Gasteiger partial charge in [0.05, 0.1) is 36.4 Å². The number of carbonyl (C=O) groups is 2. The quantitative estimate of drug-likeness (QED) is 0.291. The minimum absolute atomic E-state index is 0.0467. The van der Waals surface area contributed by atoms with Gasteiger partial charge >= 0.3 is 0 Å². The van der Waals surface area contributed by atoms with Gasteiger partial charge in [0.25, 0.3) is 5.91 Å². The van der Waals surface area contributed by atoms with Crippen molar-refractivity contribution in [2.45, 2.75) is 12.0 Å². The van der Waals surface area contributed by atoms with Crippen LogP contribution >= 0.6 is 22.6 Å². The first-order valence-corrected chi connectivity index (χ1v) is 12.0. The highest BCUT2D eigenvalue weighted by molar-refractivity contribution is 14.1. The molecule has 5 N–H and O–H groups in total. The molecule has 3 aromatic rings. The number of hydrogen-bond acceptors (Lipinski definition) is 5. The Labute approximate surface area is 218 Å². The topological polar surface area (TPSA) is 108 Å². The highest BCUT2D eigenvalue weighted by atomic mass is 127. The Morgan fingerprint density at radius 3 is 2.36 bits per heavy atom. The van der Waals surface area contributed by atoms with Crippen molar-refractivity contribution in [3.63, 3.8) is 0 Å². The van der Waals surface area contributed by atoms with Crippen molar-refractivity contribution in [3.8, 4) is 0 Å². The molecular weight excluding hydrogens is 588 g/mol. The predicted octanol–water partition coefficient (Wildman–Crippen LogP) is 3.78. The Hall–Kier alpha value is -3.32. The number of nitrogens with zero attached hydrogens (tertiary/aromatic N) is 1. The summed E-state index contributed by atoms with van der Waals surface area (Å²) in [6.45, 7) is 0.0343. The van der Waals surface area contributed by atoms with Crippen LogP contribution in [0.3, 0.4) is 0 Å². The lowest BCUT2D eigenvalue weighted by Crippen LogP contribution is -2.66. The Morgan fingerprint density at radius 2 is 1.72 bits per heavy atom. The fraction of sp³-hybridized carbons (Fsp3) is 0.200. The van der Waals surface area contributed by atoms with Gasteiger partial charge < -0.3 is 26.4 Å². The van der Waals surface area contributed by atoms with Crippen molar-refractivity contribution in [3.05, 3.63) is 86.7 Å². The third kappa shape index (κ3) is 5.73. The van der Waals surface area contributed by atoms with Crippen molar-refractivity contribution < 1.29 is 27.9 Å². The Morgan fingerprint density at radius 1 is 1.03 bits per heavy atom. The van der Waals surface area contributed by atoms with Crippen LogP contribution in [0.25, 0.3) is 0 Å². The summed E-state index contributed by atoms with van der Waals surface area (Å²) >= 11 is 1.91. The molecule has 1 heterocycles. The van der Waals surface area contributed by atoms with Gasteiger partial charge in [0, 0.05) is 15.8 Å². The maximum Gasteiger partial charge on any atom is 0.256 e. The van der Waals surface area contributed by atoms with Gasteiger partial charge in [-0.3, -0.25) is 9.59 Å². The summed E-state index contributed by atoms with van der Waals surface area (Å²) in [6, 6.07) is 13.1. The van der Waals surface area contributed by atoms with Gasteiger partial charge in [0.1, 0.15) is 11.4 Å². The van der Waals surface area contributed by atoms with Gasteiger partial charge in [-0.25, -0.2) is 13.2 Å². The van der Waals surface area contributed by atoms with E-state index in [0.717, 1.165) is 17.7 Å². The number of halogens is 4. The summed E-state index contributed by atoms with van der Waals surface area (Å²) < 4.78 is 43.5. The average Bonchev–Trinajstić information content (AvgIpc) is 2.80. The third-order valence-electron chi connectivity index (χ3n) is 5.73. The maximum absolute atomic E-state index is 14.6. The summed E-state index contributed by atoms with van der Waals surface area (Å²) in [4.78, 5) is 25.4. The van der Waals surface area contributed by atoms with E-state index in [1.54, 1.807) is 30.3 Å². The van der Waals surface area contributed by atoms with E-state index in [2.05, 4.69) is 10.6 Å². The first-order chi connectivity index (χ1) is 17.0. The molecule has 36 heavy (non-hydrogen) atoms. The molecule has 2 amide bonds. The second kappa shape index (κ2) is 10.3. The van der Waals surface area contributed by atoms with Crippen LogP contribution in [-0.4, -0.2) is 47.1 Å². The third-order valence-corrected chi connectivity index (χ3v) is 6.40. The number of aliphatic hydroxyl groups is 1. The highest BCUT2D eigenvalue weighted by Gasteiger charge is 2.44. The van der Waals surface area contributed by atoms with E-state index in [1.807, 2.05) is 22.6 Å². The Balaban J connectivity index is 1.43. The number of hydrogen-bond donors (Lipinski definition) is 4. The summed E-state index contributed by atoms with van der Waals surface area (Å²) in [5.74, 6) is -4.26.